The monoisotopic (exact) mass is 367 g/mol. The van der Waals surface area contributed by atoms with Crippen molar-refractivity contribution in [1.29, 1.82) is 5.26 Å². The van der Waals surface area contributed by atoms with Crippen LogP contribution in [-0.4, -0.2) is 15.1 Å². The molecular formula is C17H10BrN3O2. The molecule has 3 rings (SSSR count). The van der Waals surface area contributed by atoms with Crippen LogP contribution in [0.2, 0.25) is 0 Å². The van der Waals surface area contributed by atoms with E-state index >= 15 is 0 Å². The molecule has 0 unspecified atom stereocenters. The van der Waals surface area contributed by atoms with Crippen LogP contribution in [0.25, 0.3) is 22.2 Å². The molecule has 0 aliphatic rings. The molecule has 23 heavy (non-hydrogen) atoms. The first kappa shape index (κ1) is 15.0. The van der Waals surface area contributed by atoms with E-state index in [4.69, 9.17) is 0 Å². The van der Waals surface area contributed by atoms with Crippen molar-refractivity contribution in [3.05, 3.63) is 74.7 Å². The highest BCUT2D eigenvalue weighted by Crippen LogP contribution is 2.27. The van der Waals surface area contributed by atoms with Gasteiger partial charge in [-0.25, -0.2) is 4.98 Å². The summed E-state index contributed by atoms with van der Waals surface area (Å²) in [6.45, 7) is 0. The topological polar surface area (TPSA) is 89.8 Å². The quantitative estimate of drug-likeness (QED) is 0.534. The highest BCUT2D eigenvalue weighted by Gasteiger charge is 2.16. The number of nitriles is 1. The van der Waals surface area contributed by atoms with Crippen molar-refractivity contribution >= 4 is 38.2 Å². The fourth-order valence-corrected chi connectivity index (χ4v) is 2.68. The van der Waals surface area contributed by atoms with Gasteiger partial charge in [-0.05, 0) is 18.2 Å². The average molecular weight is 368 g/mol. The van der Waals surface area contributed by atoms with E-state index in [1.807, 2.05) is 6.07 Å². The molecule has 1 heterocycles. The summed E-state index contributed by atoms with van der Waals surface area (Å²) in [5.74, 6) is -0.220. The molecule has 1 aromatic heterocycles. The standard InChI is InChI=1S/C17H10BrN3O2/c18-13-7-3-1-5-10(13)15(22)12(9-19)16-20-14-8-4-2-6-11(14)17(23)21-16/h1-8,22H,(H,20,21,23). The van der Waals surface area contributed by atoms with E-state index in [0.29, 0.717) is 20.9 Å². The second kappa shape index (κ2) is 6.07. The van der Waals surface area contributed by atoms with Gasteiger partial charge in [0.05, 0.1) is 10.9 Å². The maximum Gasteiger partial charge on any atom is 0.259 e. The molecule has 0 spiro atoms. The summed E-state index contributed by atoms with van der Waals surface area (Å²) in [5, 5.41) is 20.3. The Morgan fingerprint density at radius 1 is 1.17 bits per heavy atom. The largest absolute Gasteiger partial charge is 0.506 e. The molecule has 6 heteroatoms. The molecule has 0 radical (unpaired) electrons. The number of benzene rings is 2. The number of rotatable bonds is 2. The molecule has 0 atom stereocenters. The number of H-pyrrole nitrogens is 1. The molecule has 0 saturated heterocycles. The molecule has 0 saturated carbocycles. The number of allylic oxidation sites excluding steroid dienone is 1. The van der Waals surface area contributed by atoms with Gasteiger partial charge in [-0.15, -0.1) is 0 Å². The Labute approximate surface area is 139 Å². The maximum absolute atomic E-state index is 12.1. The molecule has 112 valence electrons. The van der Waals surface area contributed by atoms with Crippen LogP contribution in [0.15, 0.2) is 57.8 Å². The molecule has 0 aliphatic heterocycles. The smallest absolute Gasteiger partial charge is 0.259 e. The van der Waals surface area contributed by atoms with Gasteiger partial charge < -0.3 is 10.1 Å². The predicted molar refractivity (Wildman–Crippen MR) is 91.6 cm³/mol. The normalized spacial score (nSPS) is 11.8. The fourth-order valence-electron chi connectivity index (χ4n) is 2.21. The highest BCUT2D eigenvalue weighted by atomic mass is 79.9. The number of aromatic nitrogens is 2. The zero-order valence-electron chi connectivity index (χ0n) is 11.7. The number of aromatic amines is 1. The summed E-state index contributed by atoms with van der Waals surface area (Å²) < 4.78 is 0.633. The summed E-state index contributed by atoms with van der Waals surface area (Å²) in [5.41, 5.74) is 0.441. The van der Waals surface area contributed by atoms with Gasteiger partial charge in [0.2, 0.25) is 0 Å². The first-order valence-corrected chi connectivity index (χ1v) is 7.49. The Kier molecular flexibility index (Phi) is 3.96. The van der Waals surface area contributed by atoms with E-state index < -0.39 is 0 Å². The Morgan fingerprint density at radius 2 is 1.87 bits per heavy atom. The van der Waals surface area contributed by atoms with Gasteiger partial charge in [-0.1, -0.05) is 46.3 Å². The number of fused-ring (bicyclic) bond motifs is 1. The number of para-hydroxylation sites is 1. The number of aliphatic hydroxyl groups excluding tert-OH is 1. The van der Waals surface area contributed by atoms with Gasteiger partial charge in [-0.2, -0.15) is 5.26 Å². The van der Waals surface area contributed by atoms with Gasteiger partial charge >= 0.3 is 0 Å². The summed E-state index contributed by atoms with van der Waals surface area (Å²) >= 11 is 3.33. The minimum Gasteiger partial charge on any atom is -0.506 e. The third kappa shape index (κ3) is 2.74. The first-order valence-electron chi connectivity index (χ1n) is 6.69. The van der Waals surface area contributed by atoms with Crippen molar-refractivity contribution in [2.45, 2.75) is 0 Å². The second-order valence-corrected chi connectivity index (χ2v) is 5.60. The van der Waals surface area contributed by atoms with Gasteiger partial charge in [0.25, 0.3) is 5.56 Å². The summed E-state index contributed by atoms with van der Waals surface area (Å²) in [6.07, 6.45) is 0. The third-order valence-electron chi connectivity index (χ3n) is 3.33. The third-order valence-corrected chi connectivity index (χ3v) is 4.02. The van der Waals surface area contributed by atoms with Crippen LogP contribution in [0.1, 0.15) is 11.4 Å². The van der Waals surface area contributed by atoms with E-state index in [1.54, 1.807) is 48.5 Å². The molecule has 0 amide bonds. The van der Waals surface area contributed by atoms with Gasteiger partial charge in [0.1, 0.15) is 17.4 Å². The van der Waals surface area contributed by atoms with Crippen molar-refractivity contribution < 1.29 is 5.11 Å². The predicted octanol–water partition coefficient (Wildman–Crippen LogP) is 3.64. The SMILES string of the molecule is N#CC(=C(O)c1ccccc1Br)c1nc2ccccc2c(=O)[nH]1. The van der Waals surface area contributed by atoms with Crippen molar-refractivity contribution in [1.82, 2.24) is 9.97 Å². The van der Waals surface area contributed by atoms with E-state index in [1.165, 1.54) is 0 Å². The van der Waals surface area contributed by atoms with E-state index in [0.717, 1.165) is 0 Å². The number of nitrogens with zero attached hydrogens (tertiary/aromatic N) is 2. The van der Waals surface area contributed by atoms with Crippen LogP contribution in [0, 0.1) is 11.3 Å². The van der Waals surface area contributed by atoms with E-state index in [2.05, 4.69) is 25.9 Å². The number of hydrogen-bond acceptors (Lipinski definition) is 4. The Balaban J connectivity index is 2.27. The van der Waals surface area contributed by atoms with Gasteiger partial charge in [0, 0.05) is 10.0 Å². The van der Waals surface area contributed by atoms with Crippen LogP contribution in [0.5, 0.6) is 0 Å². The Hall–Kier alpha value is -2.91. The van der Waals surface area contributed by atoms with Gasteiger partial charge in [-0.3, -0.25) is 4.79 Å². The highest BCUT2D eigenvalue weighted by molar-refractivity contribution is 9.10. The number of aliphatic hydroxyl groups is 1. The number of nitrogens with one attached hydrogen (secondary N) is 1. The summed E-state index contributed by atoms with van der Waals surface area (Å²) in [6, 6.07) is 15.7. The minimum absolute atomic E-state index is 0.0319. The van der Waals surface area contributed by atoms with E-state index in [-0.39, 0.29) is 22.7 Å². The van der Waals surface area contributed by atoms with Crippen LogP contribution < -0.4 is 5.56 Å². The van der Waals surface area contributed by atoms with Crippen molar-refractivity contribution in [2.75, 3.05) is 0 Å². The molecule has 2 N–H and O–H groups in total. The molecular weight excluding hydrogens is 358 g/mol. The lowest BCUT2D eigenvalue weighted by molar-refractivity contribution is 0.513. The molecule has 5 nitrogen and oxygen atoms in total. The van der Waals surface area contributed by atoms with Crippen LogP contribution in [0.3, 0.4) is 0 Å². The number of halogens is 1. The summed E-state index contributed by atoms with van der Waals surface area (Å²) in [4.78, 5) is 18.9. The summed E-state index contributed by atoms with van der Waals surface area (Å²) in [7, 11) is 0. The van der Waals surface area contributed by atoms with Gasteiger partial charge in [0.15, 0.2) is 5.82 Å². The number of hydrogen-bond donors (Lipinski definition) is 2. The Bertz CT molecular complexity index is 1030. The fraction of sp³-hybridized carbons (Fsp3) is 0. The maximum atomic E-state index is 12.1. The van der Waals surface area contributed by atoms with Crippen LogP contribution in [-0.2, 0) is 0 Å². The molecule has 0 aliphatic carbocycles. The molecule has 0 bridgehead atoms. The average Bonchev–Trinajstić information content (AvgIpc) is 2.56. The van der Waals surface area contributed by atoms with Crippen molar-refractivity contribution in [2.24, 2.45) is 0 Å². The van der Waals surface area contributed by atoms with Crippen LogP contribution >= 0.6 is 15.9 Å². The van der Waals surface area contributed by atoms with Crippen molar-refractivity contribution in [3.8, 4) is 6.07 Å². The zero-order chi connectivity index (χ0) is 16.4. The van der Waals surface area contributed by atoms with Crippen LogP contribution in [0.4, 0.5) is 0 Å². The lowest BCUT2D eigenvalue weighted by Crippen LogP contribution is -2.11. The molecule has 2 aromatic carbocycles. The zero-order valence-corrected chi connectivity index (χ0v) is 13.3. The second-order valence-electron chi connectivity index (χ2n) is 4.75. The van der Waals surface area contributed by atoms with Crippen molar-refractivity contribution in [3.63, 3.8) is 0 Å². The lowest BCUT2D eigenvalue weighted by Gasteiger charge is -2.07. The minimum atomic E-state index is -0.363. The lowest BCUT2D eigenvalue weighted by atomic mass is 10.1. The van der Waals surface area contributed by atoms with E-state index in [9.17, 15) is 15.2 Å². The Morgan fingerprint density at radius 3 is 2.61 bits per heavy atom. The molecule has 0 fully saturated rings. The molecule has 3 aromatic rings. The first-order chi connectivity index (χ1) is 11.1.